The third-order valence-electron chi connectivity index (χ3n) is 3.62. The number of benzene rings is 1. The number of nitrogens with one attached hydrogen (secondary N) is 1. The quantitative estimate of drug-likeness (QED) is 0.933. The zero-order valence-corrected chi connectivity index (χ0v) is 13.9. The van der Waals surface area contributed by atoms with Crippen LogP contribution in [0.4, 0.5) is 11.4 Å². The summed E-state index contributed by atoms with van der Waals surface area (Å²) in [5.41, 5.74) is 1.35. The molecule has 2 aromatic rings. The molecule has 0 saturated heterocycles. The highest BCUT2D eigenvalue weighted by Crippen LogP contribution is 2.36. The van der Waals surface area contributed by atoms with Crippen molar-refractivity contribution in [2.75, 3.05) is 16.8 Å². The first-order valence-corrected chi connectivity index (χ1v) is 8.45. The van der Waals surface area contributed by atoms with Gasteiger partial charge in [0.05, 0.1) is 10.6 Å². The van der Waals surface area contributed by atoms with E-state index in [0.29, 0.717) is 28.5 Å². The van der Waals surface area contributed by atoms with Crippen molar-refractivity contribution in [3.8, 4) is 5.75 Å². The molecule has 5 nitrogen and oxygen atoms in total. The molecule has 0 spiro atoms. The Bertz CT molecular complexity index is 727. The molecular formula is C17H18N2O3S. The van der Waals surface area contributed by atoms with E-state index in [1.807, 2.05) is 18.4 Å². The molecule has 2 heterocycles. The molecule has 1 aromatic heterocycles. The number of ether oxygens (including phenoxy) is 1. The minimum atomic E-state index is -0.486. The van der Waals surface area contributed by atoms with Gasteiger partial charge >= 0.3 is 0 Å². The molecule has 1 aliphatic rings. The predicted octanol–water partition coefficient (Wildman–Crippen LogP) is 3.52. The fraction of sp³-hybridized carbons (Fsp3) is 0.294. The minimum absolute atomic E-state index is 0.0546. The Morgan fingerprint density at radius 2 is 2.22 bits per heavy atom. The normalized spacial score (nSPS) is 16.7. The molecule has 1 aromatic carbocycles. The average molecular weight is 330 g/mol. The predicted molar refractivity (Wildman–Crippen MR) is 91.4 cm³/mol. The van der Waals surface area contributed by atoms with Gasteiger partial charge in [-0.25, -0.2) is 0 Å². The van der Waals surface area contributed by atoms with E-state index in [2.05, 4.69) is 5.32 Å². The molecule has 0 radical (unpaired) electrons. The maximum atomic E-state index is 12.3. The number of amides is 2. The van der Waals surface area contributed by atoms with Gasteiger partial charge in [-0.15, -0.1) is 11.3 Å². The summed E-state index contributed by atoms with van der Waals surface area (Å²) in [6.07, 6.45) is 0.365. The molecule has 120 valence electrons. The number of nitrogens with zero attached hydrogens (tertiary/aromatic N) is 1. The van der Waals surface area contributed by atoms with Crippen molar-refractivity contribution in [1.29, 1.82) is 0 Å². The van der Waals surface area contributed by atoms with Gasteiger partial charge in [0, 0.05) is 12.2 Å². The van der Waals surface area contributed by atoms with Crippen molar-refractivity contribution in [2.24, 2.45) is 0 Å². The molecule has 3 rings (SSSR count). The second-order valence-electron chi connectivity index (χ2n) is 5.36. The summed E-state index contributed by atoms with van der Waals surface area (Å²) in [7, 11) is 0. The summed E-state index contributed by atoms with van der Waals surface area (Å²) in [6, 6.07) is 8.99. The Balaban J connectivity index is 1.88. The lowest BCUT2D eigenvalue weighted by molar-refractivity contribution is -0.125. The van der Waals surface area contributed by atoms with E-state index < -0.39 is 6.10 Å². The first kappa shape index (κ1) is 15.6. The van der Waals surface area contributed by atoms with E-state index in [-0.39, 0.29) is 11.8 Å². The van der Waals surface area contributed by atoms with Crippen LogP contribution < -0.4 is 15.0 Å². The molecule has 2 amide bonds. The highest BCUT2D eigenvalue weighted by atomic mass is 32.1. The second kappa shape index (κ2) is 6.42. The first-order chi connectivity index (χ1) is 11.1. The molecular weight excluding hydrogens is 312 g/mol. The maximum absolute atomic E-state index is 12.3. The molecule has 1 atom stereocenters. The van der Waals surface area contributed by atoms with Gasteiger partial charge in [-0.1, -0.05) is 13.0 Å². The number of rotatable bonds is 4. The number of thiophene rings is 1. The zero-order chi connectivity index (χ0) is 16.4. The van der Waals surface area contributed by atoms with E-state index in [9.17, 15) is 9.59 Å². The Kier molecular flexibility index (Phi) is 4.34. The number of carbonyl (C=O) groups is 2. The van der Waals surface area contributed by atoms with E-state index >= 15 is 0 Å². The van der Waals surface area contributed by atoms with Crippen molar-refractivity contribution >= 4 is 34.5 Å². The summed E-state index contributed by atoms with van der Waals surface area (Å²) in [6.45, 7) is 4.40. The van der Waals surface area contributed by atoms with Crippen LogP contribution in [0.15, 0.2) is 35.7 Å². The standard InChI is InChI=1S/C17H18N2O3S/c1-3-8-19-13-10-12(18-16(20)15-5-4-9-23-15)6-7-14(13)22-11(2)17(19)21/h4-7,9-11H,3,8H2,1-2H3,(H,18,20). The summed E-state index contributed by atoms with van der Waals surface area (Å²) in [5, 5.41) is 4.72. The van der Waals surface area contributed by atoms with Gasteiger partial charge in [0.1, 0.15) is 5.75 Å². The van der Waals surface area contributed by atoms with Crippen molar-refractivity contribution in [3.63, 3.8) is 0 Å². The van der Waals surface area contributed by atoms with Gasteiger partial charge in [0.15, 0.2) is 6.10 Å². The number of carbonyl (C=O) groups excluding carboxylic acids is 2. The molecule has 23 heavy (non-hydrogen) atoms. The van der Waals surface area contributed by atoms with E-state index in [0.717, 1.165) is 6.42 Å². The smallest absolute Gasteiger partial charge is 0.267 e. The van der Waals surface area contributed by atoms with E-state index in [1.165, 1.54) is 11.3 Å². The van der Waals surface area contributed by atoms with Crippen LogP contribution in [0.3, 0.4) is 0 Å². The molecule has 0 saturated carbocycles. The van der Waals surface area contributed by atoms with E-state index in [1.54, 1.807) is 36.1 Å². The van der Waals surface area contributed by atoms with Gasteiger partial charge in [0.2, 0.25) is 0 Å². The van der Waals surface area contributed by atoms with Crippen LogP contribution in [0.25, 0.3) is 0 Å². The Hall–Kier alpha value is -2.34. The average Bonchev–Trinajstić information content (AvgIpc) is 3.07. The van der Waals surface area contributed by atoms with Gasteiger partial charge in [-0.2, -0.15) is 0 Å². The van der Waals surface area contributed by atoms with Gasteiger partial charge < -0.3 is 15.0 Å². The Morgan fingerprint density at radius 3 is 2.91 bits per heavy atom. The molecule has 6 heteroatoms. The van der Waals surface area contributed by atoms with Crippen LogP contribution in [0, 0.1) is 0 Å². The van der Waals surface area contributed by atoms with Crippen molar-refractivity contribution in [1.82, 2.24) is 0 Å². The van der Waals surface area contributed by atoms with Crippen molar-refractivity contribution in [3.05, 3.63) is 40.6 Å². The Morgan fingerprint density at radius 1 is 1.39 bits per heavy atom. The number of fused-ring (bicyclic) bond motifs is 1. The fourth-order valence-corrected chi connectivity index (χ4v) is 3.16. The summed E-state index contributed by atoms with van der Waals surface area (Å²) in [5.74, 6) is 0.458. The van der Waals surface area contributed by atoms with Crippen LogP contribution in [0.5, 0.6) is 5.75 Å². The topological polar surface area (TPSA) is 58.6 Å². The van der Waals surface area contributed by atoms with Crippen LogP contribution >= 0.6 is 11.3 Å². The zero-order valence-electron chi connectivity index (χ0n) is 13.0. The SMILES string of the molecule is CCCN1C(=O)C(C)Oc2ccc(NC(=O)c3cccs3)cc21. The molecule has 1 aliphatic heterocycles. The lowest BCUT2D eigenvalue weighted by Crippen LogP contribution is -2.44. The Labute approximate surface area is 138 Å². The van der Waals surface area contributed by atoms with Crippen molar-refractivity contribution in [2.45, 2.75) is 26.4 Å². The first-order valence-electron chi connectivity index (χ1n) is 7.57. The molecule has 1 N–H and O–H groups in total. The largest absolute Gasteiger partial charge is 0.479 e. The second-order valence-corrected chi connectivity index (χ2v) is 6.31. The number of hydrogen-bond donors (Lipinski definition) is 1. The molecule has 1 unspecified atom stereocenters. The van der Waals surface area contributed by atoms with Crippen molar-refractivity contribution < 1.29 is 14.3 Å². The van der Waals surface area contributed by atoms with Crippen LogP contribution in [0.2, 0.25) is 0 Å². The van der Waals surface area contributed by atoms with E-state index in [4.69, 9.17) is 4.74 Å². The lowest BCUT2D eigenvalue weighted by Gasteiger charge is -2.33. The highest BCUT2D eigenvalue weighted by Gasteiger charge is 2.31. The van der Waals surface area contributed by atoms with Crippen LogP contribution in [-0.2, 0) is 4.79 Å². The lowest BCUT2D eigenvalue weighted by atomic mass is 10.1. The van der Waals surface area contributed by atoms with Gasteiger partial charge in [-0.3, -0.25) is 9.59 Å². The third-order valence-corrected chi connectivity index (χ3v) is 4.49. The van der Waals surface area contributed by atoms with Crippen LogP contribution in [-0.4, -0.2) is 24.5 Å². The maximum Gasteiger partial charge on any atom is 0.267 e. The van der Waals surface area contributed by atoms with Crippen LogP contribution in [0.1, 0.15) is 29.9 Å². The highest BCUT2D eigenvalue weighted by molar-refractivity contribution is 7.12. The third kappa shape index (κ3) is 3.07. The summed E-state index contributed by atoms with van der Waals surface area (Å²) in [4.78, 5) is 26.8. The monoisotopic (exact) mass is 330 g/mol. The van der Waals surface area contributed by atoms with Gasteiger partial charge in [-0.05, 0) is 43.0 Å². The van der Waals surface area contributed by atoms with Gasteiger partial charge in [0.25, 0.3) is 11.8 Å². The molecule has 0 bridgehead atoms. The number of hydrogen-bond acceptors (Lipinski definition) is 4. The minimum Gasteiger partial charge on any atom is -0.479 e. The molecule has 0 fully saturated rings. The number of anilines is 2. The summed E-state index contributed by atoms with van der Waals surface area (Å²) < 4.78 is 5.65. The fourth-order valence-electron chi connectivity index (χ4n) is 2.54. The molecule has 0 aliphatic carbocycles. The summed E-state index contributed by atoms with van der Waals surface area (Å²) >= 11 is 1.39.